The van der Waals surface area contributed by atoms with E-state index < -0.39 is 0 Å². The van der Waals surface area contributed by atoms with E-state index in [0.717, 1.165) is 19.5 Å². The van der Waals surface area contributed by atoms with Crippen molar-refractivity contribution < 1.29 is 4.79 Å². The molecule has 1 unspecified atom stereocenters. The minimum atomic E-state index is 0.276. The molecule has 0 radical (unpaired) electrons. The van der Waals surface area contributed by atoms with Gasteiger partial charge in [0.15, 0.2) is 0 Å². The highest BCUT2D eigenvalue weighted by atomic mass is 16.2. The van der Waals surface area contributed by atoms with E-state index in [1.54, 1.807) is 0 Å². The van der Waals surface area contributed by atoms with Crippen molar-refractivity contribution in [2.75, 3.05) is 19.6 Å². The normalized spacial score (nSPS) is 22.4. The average molecular weight is 198 g/mol. The van der Waals surface area contributed by atoms with Crippen LogP contribution in [0, 0.1) is 0 Å². The van der Waals surface area contributed by atoms with E-state index in [2.05, 4.69) is 17.1 Å². The van der Waals surface area contributed by atoms with Crippen molar-refractivity contribution in [1.29, 1.82) is 0 Å². The molecular formula is C11H22N2O. The Balaban J connectivity index is 2.41. The summed E-state index contributed by atoms with van der Waals surface area (Å²) in [6.07, 6.45) is 4.74. The van der Waals surface area contributed by atoms with Gasteiger partial charge in [0.05, 0.1) is 6.54 Å². The predicted octanol–water partition coefficient (Wildman–Crippen LogP) is 1.39. The average Bonchev–Trinajstić information content (AvgIpc) is 2.25. The molecule has 1 N–H and O–H groups in total. The molecule has 0 bridgehead atoms. The Morgan fingerprint density at radius 3 is 2.86 bits per heavy atom. The minimum Gasteiger partial charge on any atom is -0.339 e. The second-order valence-corrected chi connectivity index (χ2v) is 3.93. The van der Waals surface area contributed by atoms with Crippen molar-refractivity contribution in [1.82, 2.24) is 10.2 Å². The van der Waals surface area contributed by atoms with Gasteiger partial charge < -0.3 is 10.2 Å². The summed E-state index contributed by atoms with van der Waals surface area (Å²) in [5, 5.41) is 3.10. The third-order valence-corrected chi connectivity index (χ3v) is 2.94. The fourth-order valence-corrected chi connectivity index (χ4v) is 2.09. The molecule has 1 saturated heterocycles. The number of piperidine rings is 1. The number of carbonyl (C=O) groups is 1. The van der Waals surface area contributed by atoms with Crippen molar-refractivity contribution in [3.05, 3.63) is 0 Å². The number of carbonyl (C=O) groups excluding carboxylic acids is 1. The second kappa shape index (κ2) is 6.02. The Morgan fingerprint density at radius 2 is 2.21 bits per heavy atom. The lowest BCUT2D eigenvalue weighted by Gasteiger charge is -2.35. The summed E-state index contributed by atoms with van der Waals surface area (Å²) in [6, 6.07) is 0.495. The monoisotopic (exact) mass is 198 g/mol. The molecule has 1 atom stereocenters. The second-order valence-electron chi connectivity index (χ2n) is 3.93. The number of hydrogen-bond donors (Lipinski definition) is 1. The molecule has 1 amide bonds. The molecule has 0 spiro atoms. The fraction of sp³-hybridized carbons (Fsp3) is 0.909. The van der Waals surface area contributed by atoms with Crippen LogP contribution in [0.25, 0.3) is 0 Å². The summed E-state index contributed by atoms with van der Waals surface area (Å²) in [4.78, 5) is 13.9. The largest absolute Gasteiger partial charge is 0.339 e. The summed E-state index contributed by atoms with van der Waals surface area (Å²) in [6.45, 7) is 6.54. The van der Waals surface area contributed by atoms with E-state index >= 15 is 0 Å². The predicted molar refractivity (Wildman–Crippen MR) is 58.2 cm³/mol. The Morgan fingerprint density at radius 1 is 1.43 bits per heavy atom. The van der Waals surface area contributed by atoms with Crippen LogP contribution in [-0.4, -0.2) is 36.5 Å². The van der Waals surface area contributed by atoms with Gasteiger partial charge in [-0.25, -0.2) is 0 Å². The number of rotatable bonds is 4. The van der Waals surface area contributed by atoms with Gasteiger partial charge in [-0.05, 0) is 32.2 Å². The van der Waals surface area contributed by atoms with Gasteiger partial charge in [-0.2, -0.15) is 0 Å². The zero-order valence-electron chi connectivity index (χ0n) is 9.38. The van der Waals surface area contributed by atoms with Crippen LogP contribution in [0.5, 0.6) is 0 Å². The maximum absolute atomic E-state index is 11.8. The highest BCUT2D eigenvalue weighted by molar-refractivity contribution is 5.78. The maximum Gasteiger partial charge on any atom is 0.236 e. The number of nitrogens with one attached hydrogen (secondary N) is 1. The van der Waals surface area contributed by atoms with Gasteiger partial charge in [-0.15, -0.1) is 0 Å². The van der Waals surface area contributed by atoms with Gasteiger partial charge >= 0.3 is 0 Å². The summed E-state index contributed by atoms with van der Waals surface area (Å²) in [7, 11) is 0. The van der Waals surface area contributed by atoms with Crippen LogP contribution in [0.4, 0.5) is 0 Å². The summed E-state index contributed by atoms with van der Waals surface area (Å²) < 4.78 is 0. The number of likely N-dealkylation sites (N-methyl/N-ethyl adjacent to an activating group) is 1. The zero-order valence-corrected chi connectivity index (χ0v) is 9.38. The summed E-state index contributed by atoms with van der Waals surface area (Å²) >= 11 is 0. The lowest BCUT2D eigenvalue weighted by Crippen LogP contribution is -2.46. The lowest BCUT2D eigenvalue weighted by molar-refractivity contribution is -0.133. The van der Waals surface area contributed by atoms with Gasteiger partial charge in [0, 0.05) is 12.6 Å². The van der Waals surface area contributed by atoms with Crippen LogP contribution in [-0.2, 0) is 4.79 Å². The first kappa shape index (κ1) is 11.5. The third kappa shape index (κ3) is 2.98. The van der Waals surface area contributed by atoms with Gasteiger partial charge in [-0.3, -0.25) is 4.79 Å². The molecule has 1 heterocycles. The maximum atomic E-state index is 11.8. The molecular weight excluding hydrogens is 176 g/mol. The van der Waals surface area contributed by atoms with E-state index in [-0.39, 0.29) is 5.91 Å². The topological polar surface area (TPSA) is 32.3 Å². The minimum absolute atomic E-state index is 0.276. The van der Waals surface area contributed by atoms with Gasteiger partial charge in [0.25, 0.3) is 0 Å². The van der Waals surface area contributed by atoms with Crippen LogP contribution in [0.15, 0.2) is 0 Å². The highest BCUT2D eigenvalue weighted by Gasteiger charge is 2.24. The van der Waals surface area contributed by atoms with Crippen molar-refractivity contribution in [3.63, 3.8) is 0 Å². The zero-order chi connectivity index (χ0) is 10.4. The Hall–Kier alpha value is -0.570. The van der Waals surface area contributed by atoms with E-state index in [9.17, 15) is 4.79 Å². The SMILES string of the molecule is CCNCC(=O)N1CCCCC1CC. The Kier molecular flexibility index (Phi) is 4.94. The fourth-order valence-electron chi connectivity index (χ4n) is 2.09. The van der Waals surface area contributed by atoms with Crippen LogP contribution in [0.3, 0.4) is 0 Å². The Labute approximate surface area is 86.9 Å². The molecule has 1 rings (SSSR count). The van der Waals surface area contributed by atoms with Crippen LogP contribution in [0.2, 0.25) is 0 Å². The van der Waals surface area contributed by atoms with Crippen molar-refractivity contribution in [3.8, 4) is 0 Å². The van der Waals surface area contributed by atoms with E-state index in [4.69, 9.17) is 0 Å². The molecule has 1 fully saturated rings. The van der Waals surface area contributed by atoms with Gasteiger partial charge in [0.1, 0.15) is 0 Å². The van der Waals surface area contributed by atoms with Crippen LogP contribution >= 0.6 is 0 Å². The highest BCUT2D eigenvalue weighted by Crippen LogP contribution is 2.19. The molecule has 82 valence electrons. The molecule has 1 aliphatic heterocycles. The van der Waals surface area contributed by atoms with E-state index in [1.807, 2.05) is 6.92 Å². The van der Waals surface area contributed by atoms with E-state index in [0.29, 0.717) is 12.6 Å². The smallest absolute Gasteiger partial charge is 0.236 e. The third-order valence-electron chi connectivity index (χ3n) is 2.94. The van der Waals surface area contributed by atoms with E-state index in [1.165, 1.54) is 19.3 Å². The standard InChI is InChI=1S/C11H22N2O/c1-3-10-7-5-6-8-13(10)11(14)9-12-4-2/h10,12H,3-9H2,1-2H3. The number of nitrogens with zero attached hydrogens (tertiary/aromatic N) is 1. The van der Waals surface area contributed by atoms with Gasteiger partial charge in [-0.1, -0.05) is 13.8 Å². The first-order valence-corrected chi connectivity index (χ1v) is 5.79. The van der Waals surface area contributed by atoms with Crippen LogP contribution in [0.1, 0.15) is 39.5 Å². The molecule has 1 aliphatic rings. The van der Waals surface area contributed by atoms with Crippen molar-refractivity contribution >= 4 is 5.91 Å². The number of hydrogen-bond acceptors (Lipinski definition) is 2. The van der Waals surface area contributed by atoms with Gasteiger partial charge in [0.2, 0.25) is 5.91 Å². The summed E-state index contributed by atoms with van der Waals surface area (Å²) in [5.74, 6) is 0.276. The molecule has 0 saturated carbocycles. The number of likely N-dealkylation sites (tertiary alicyclic amines) is 1. The van der Waals surface area contributed by atoms with Crippen LogP contribution < -0.4 is 5.32 Å². The molecule has 0 aromatic rings. The van der Waals surface area contributed by atoms with Crippen molar-refractivity contribution in [2.24, 2.45) is 0 Å². The first-order chi connectivity index (χ1) is 6.79. The molecule has 0 aliphatic carbocycles. The molecule has 0 aromatic heterocycles. The summed E-state index contributed by atoms with van der Waals surface area (Å²) in [5.41, 5.74) is 0. The first-order valence-electron chi connectivity index (χ1n) is 5.79. The van der Waals surface area contributed by atoms with Crippen molar-refractivity contribution in [2.45, 2.75) is 45.6 Å². The quantitative estimate of drug-likeness (QED) is 0.740. The molecule has 3 nitrogen and oxygen atoms in total. The molecule has 14 heavy (non-hydrogen) atoms. The molecule has 0 aromatic carbocycles. The lowest BCUT2D eigenvalue weighted by atomic mass is 10.00. The molecule has 3 heteroatoms. The Bertz CT molecular complexity index is 182. The number of amides is 1.